The second-order valence-corrected chi connectivity index (χ2v) is 5.68. The molecule has 0 saturated heterocycles. The molecule has 4 nitrogen and oxygen atoms in total. The molecule has 1 aliphatic heterocycles. The molecule has 3 rings (SSSR count). The molecule has 1 N–H and O–H groups in total. The first-order valence-corrected chi connectivity index (χ1v) is 7.24. The third-order valence-electron chi connectivity index (χ3n) is 3.85. The minimum absolute atomic E-state index is 0.303. The molecule has 112 valence electrons. The molecule has 0 bridgehead atoms. The summed E-state index contributed by atoms with van der Waals surface area (Å²) in [6.07, 6.45) is 0.314. The normalized spacial score (nSPS) is 20.9. The molecule has 1 aliphatic rings. The molecule has 1 atom stereocenters. The minimum atomic E-state index is -1.42. The Balaban J connectivity index is 2.00. The van der Waals surface area contributed by atoms with Crippen molar-refractivity contribution in [1.29, 1.82) is 0 Å². The highest BCUT2D eigenvalue weighted by Crippen LogP contribution is 2.36. The lowest BCUT2D eigenvalue weighted by molar-refractivity contribution is -0.0765. The summed E-state index contributed by atoms with van der Waals surface area (Å²) in [5.41, 5.74) is 1.56. The van der Waals surface area contributed by atoms with Crippen molar-refractivity contribution in [3.63, 3.8) is 0 Å². The van der Waals surface area contributed by atoms with Crippen molar-refractivity contribution >= 4 is 11.6 Å². The molecule has 0 aromatic heterocycles. The first-order chi connectivity index (χ1) is 10.5. The van der Waals surface area contributed by atoms with E-state index >= 15 is 0 Å². The van der Waals surface area contributed by atoms with Crippen LogP contribution in [0.2, 0.25) is 0 Å². The fraction of sp³-hybridized carbons (Fsp3) is 0.222. The number of hydrogen-bond donors (Lipinski definition) is 1. The zero-order valence-corrected chi connectivity index (χ0v) is 12.7. The van der Waals surface area contributed by atoms with E-state index in [2.05, 4.69) is 5.10 Å². The van der Waals surface area contributed by atoms with Gasteiger partial charge in [-0.05, 0) is 26.0 Å². The van der Waals surface area contributed by atoms with Crippen LogP contribution in [0.15, 0.2) is 59.7 Å². The molecule has 2 aromatic carbocycles. The van der Waals surface area contributed by atoms with Crippen molar-refractivity contribution in [1.82, 2.24) is 5.01 Å². The highest BCUT2D eigenvalue weighted by molar-refractivity contribution is 5.97. The second-order valence-electron chi connectivity index (χ2n) is 5.68. The summed E-state index contributed by atoms with van der Waals surface area (Å²) < 4.78 is 0. The summed E-state index contributed by atoms with van der Waals surface area (Å²) in [5.74, 6) is -0.303. The Morgan fingerprint density at radius 1 is 1.09 bits per heavy atom. The van der Waals surface area contributed by atoms with Crippen LogP contribution in [0, 0.1) is 6.92 Å². The molecule has 0 aliphatic carbocycles. The van der Waals surface area contributed by atoms with Crippen LogP contribution in [0.4, 0.5) is 0 Å². The summed E-state index contributed by atoms with van der Waals surface area (Å²) in [5, 5.41) is 16.5. The van der Waals surface area contributed by atoms with Gasteiger partial charge in [-0.25, -0.2) is 0 Å². The third-order valence-corrected chi connectivity index (χ3v) is 3.85. The number of amides is 1. The molecule has 0 radical (unpaired) electrons. The van der Waals surface area contributed by atoms with Crippen molar-refractivity contribution in [3.05, 3.63) is 71.3 Å². The van der Waals surface area contributed by atoms with E-state index < -0.39 is 5.72 Å². The van der Waals surface area contributed by atoms with Crippen LogP contribution in [0.5, 0.6) is 0 Å². The van der Waals surface area contributed by atoms with Gasteiger partial charge in [0.25, 0.3) is 5.91 Å². The lowest BCUT2D eigenvalue weighted by Crippen LogP contribution is -2.43. The molecule has 4 heteroatoms. The smallest absolute Gasteiger partial charge is 0.276 e. The number of hydrogen-bond acceptors (Lipinski definition) is 3. The summed E-state index contributed by atoms with van der Waals surface area (Å²) in [6, 6.07) is 16.4. The van der Waals surface area contributed by atoms with Gasteiger partial charge in [0.1, 0.15) is 0 Å². The van der Waals surface area contributed by atoms with Gasteiger partial charge in [0, 0.05) is 23.3 Å². The number of nitrogens with zero attached hydrogens (tertiary/aromatic N) is 2. The van der Waals surface area contributed by atoms with Gasteiger partial charge in [-0.1, -0.05) is 48.0 Å². The van der Waals surface area contributed by atoms with Gasteiger partial charge in [-0.3, -0.25) is 4.79 Å². The monoisotopic (exact) mass is 294 g/mol. The standard InChI is InChI=1S/C18H18N2O2/c1-13-8-10-15(11-9-13)17(21)20-18(22,12-14(2)19-20)16-6-4-3-5-7-16/h3-11,22H,12H2,1-2H3/t18-/m0/s1. The number of hydrazone groups is 1. The van der Waals surface area contributed by atoms with Crippen LogP contribution in [-0.2, 0) is 5.72 Å². The number of rotatable bonds is 2. The van der Waals surface area contributed by atoms with Gasteiger partial charge in [0.15, 0.2) is 5.72 Å². The van der Waals surface area contributed by atoms with E-state index in [1.165, 1.54) is 5.01 Å². The highest BCUT2D eigenvalue weighted by atomic mass is 16.3. The maximum Gasteiger partial charge on any atom is 0.276 e. The minimum Gasteiger partial charge on any atom is -0.365 e. The molecule has 1 heterocycles. The van der Waals surface area contributed by atoms with Crippen molar-refractivity contribution < 1.29 is 9.90 Å². The zero-order valence-electron chi connectivity index (χ0n) is 12.7. The quantitative estimate of drug-likeness (QED) is 0.925. The van der Waals surface area contributed by atoms with Gasteiger partial charge in [0.2, 0.25) is 0 Å². The Kier molecular flexibility index (Phi) is 3.54. The second kappa shape index (κ2) is 5.39. The van der Waals surface area contributed by atoms with Crippen LogP contribution < -0.4 is 0 Å². The molecule has 0 saturated carbocycles. The molecule has 2 aromatic rings. The number of carbonyl (C=O) groups excluding carboxylic acids is 1. The van der Waals surface area contributed by atoms with Crippen molar-refractivity contribution in [3.8, 4) is 0 Å². The average molecular weight is 294 g/mol. The lowest BCUT2D eigenvalue weighted by atomic mass is 9.97. The Bertz CT molecular complexity index is 723. The van der Waals surface area contributed by atoms with Gasteiger partial charge >= 0.3 is 0 Å². The van der Waals surface area contributed by atoms with Gasteiger partial charge in [-0.15, -0.1) is 0 Å². The zero-order chi connectivity index (χ0) is 15.7. The Morgan fingerprint density at radius 3 is 2.36 bits per heavy atom. The Morgan fingerprint density at radius 2 is 1.73 bits per heavy atom. The lowest BCUT2D eigenvalue weighted by Gasteiger charge is -2.31. The molecular weight excluding hydrogens is 276 g/mol. The van der Waals surface area contributed by atoms with Crippen LogP contribution >= 0.6 is 0 Å². The summed E-state index contributed by atoms with van der Waals surface area (Å²) >= 11 is 0. The van der Waals surface area contributed by atoms with E-state index in [1.807, 2.05) is 56.3 Å². The summed E-state index contributed by atoms with van der Waals surface area (Å²) in [7, 11) is 0. The van der Waals surface area contributed by atoms with Crippen LogP contribution in [0.3, 0.4) is 0 Å². The molecule has 22 heavy (non-hydrogen) atoms. The van der Waals surface area contributed by atoms with Gasteiger partial charge in [0.05, 0.1) is 0 Å². The molecule has 1 amide bonds. The number of aryl methyl sites for hydroxylation is 1. The van der Waals surface area contributed by atoms with E-state index in [4.69, 9.17) is 0 Å². The predicted octanol–water partition coefficient (Wildman–Crippen LogP) is 3.06. The third kappa shape index (κ3) is 2.42. The number of aliphatic hydroxyl groups is 1. The van der Waals surface area contributed by atoms with E-state index in [0.717, 1.165) is 11.3 Å². The van der Waals surface area contributed by atoms with Crippen molar-refractivity contribution in [2.24, 2.45) is 5.10 Å². The SMILES string of the molecule is CC1=NN(C(=O)c2ccc(C)cc2)[C@@](O)(c2ccccc2)C1. The van der Waals surface area contributed by atoms with Crippen molar-refractivity contribution in [2.45, 2.75) is 26.0 Å². The first kappa shape index (κ1) is 14.5. The summed E-state index contributed by atoms with van der Waals surface area (Å²) in [4.78, 5) is 12.8. The van der Waals surface area contributed by atoms with Crippen LogP contribution in [-0.4, -0.2) is 21.7 Å². The number of benzene rings is 2. The van der Waals surface area contributed by atoms with Crippen LogP contribution in [0.25, 0.3) is 0 Å². The average Bonchev–Trinajstić information content (AvgIpc) is 2.84. The van der Waals surface area contributed by atoms with Crippen molar-refractivity contribution in [2.75, 3.05) is 0 Å². The Hall–Kier alpha value is -2.46. The Labute approximate surface area is 129 Å². The molecule has 0 spiro atoms. The summed E-state index contributed by atoms with van der Waals surface area (Å²) in [6.45, 7) is 3.78. The predicted molar refractivity (Wildman–Crippen MR) is 85.4 cm³/mol. The molecule has 0 fully saturated rings. The van der Waals surface area contributed by atoms with E-state index in [-0.39, 0.29) is 5.91 Å². The maximum atomic E-state index is 12.8. The number of carbonyl (C=O) groups is 1. The molecule has 0 unspecified atom stereocenters. The van der Waals surface area contributed by atoms with Gasteiger partial charge in [-0.2, -0.15) is 10.1 Å². The fourth-order valence-corrected chi connectivity index (χ4v) is 2.68. The van der Waals surface area contributed by atoms with Crippen LogP contribution in [0.1, 0.15) is 34.8 Å². The largest absolute Gasteiger partial charge is 0.365 e. The fourth-order valence-electron chi connectivity index (χ4n) is 2.68. The molecular formula is C18H18N2O2. The maximum absolute atomic E-state index is 12.8. The highest BCUT2D eigenvalue weighted by Gasteiger charge is 2.44. The van der Waals surface area contributed by atoms with E-state index in [9.17, 15) is 9.90 Å². The van der Waals surface area contributed by atoms with E-state index in [0.29, 0.717) is 17.5 Å². The van der Waals surface area contributed by atoms with Gasteiger partial charge < -0.3 is 5.11 Å². The first-order valence-electron chi connectivity index (χ1n) is 7.24. The topological polar surface area (TPSA) is 52.9 Å². The van der Waals surface area contributed by atoms with E-state index in [1.54, 1.807) is 12.1 Å².